The smallest absolute Gasteiger partial charge is 0.337 e. The molecule has 2 aliphatic rings. The molecule has 0 saturated carbocycles. The summed E-state index contributed by atoms with van der Waals surface area (Å²) < 4.78 is 16.6. The molecule has 0 aromatic heterocycles. The summed E-state index contributed by atoms with van der Waals surface area (Å²) >= 11 is 3.44. The number of carbonyl (C=O) groups excluding carboxylic acids is 2. The monoisotopic (exact) mass is 408 g/mol. The number of fused-ring (bicyclic) bond motifs is 2. The van der Waals surface area contributed by atoms with E-state index in [9.17, 15) is 9.59 Å². The average molecular weight is 409 g/mol. The van der Waals surface area contributed by atoms with Gasteiger partial charge in [0.25, 0.3) is 0 Å². The Morgan fingerprint density at radius 3 is 2.40 bits per heavy atom. The predicted octanol–water partition coefficient (Wildman–Crippen LogP) is 3.20. The molecule has 3 unspecified atom stereocenters. The Bertz CT molecular complexity index is 694. The number of hydrogen-bond donors (Lipinski definition) is 0. The lowest BCUT2D eigenvalue weighted by atomic mass is 9.81. The third-order valence-corrected chi connectivity index (χ3v) is 5.45. The average Bonchev–Trinajstić information content (AvgIpc) is 3.20. The normalized spacial score (nSPS) is 24.5. The number of benzene rings is 1. The fourth-order valence-electron chi connectivity index (χ4n) is 3.73. The van der Waals surface area contributed by atoms with E-state index in [1.54, 1.807) is 0 Å². The molecule has 134 valence electrons. The number of ether oxygens (including phenoxy) is 3. The van der Waals surface area contributed by atoms with Crippen molar-refractivity contribution in [2.24, 2.45) is 5.92 Å². The first-order valence-corrected chi connectivity index (χ1v) is 9.15. The lowest BCUT2D eigenvalue weighted by Crippen LogP contribution is -2.29. The minimum atomic E-state index is -0.499. The Morgan fingerprint density at radius 2 is 1.76 bits per heavy atom. The molecule has 6 heteroatoms. The van der Waals surface area contributed by atoms with Crippen LogP contribution in [0.5, 0.6) is 0 Å². The Hall–Kier alpha value is -1.66. The van der Waals surface area contributed by atoms with Gasteiger partial charge in [-0.15, -0.1) is 0 Å². The lowest BCUT2D eigenvalue weighted by Gasteiger charge is -2.22. The van der Waals surface area contributed by atoms with Crippen LogP contribution in [0.4, 0.5) is 0 Å². The largest absolute Gasteiger partial charge is 0.466 e. The van der Waals surface area contributed by atoms with Crippen molar-refractivity contribution < 1.29 is 23.8 Å². The van der Waals surface area contributed by atoms with Crippen LogP contribution in [0.15, 0.2) is 39.9 Å². The van der Waals surface area contributed by atoms with Crippen molar-refractivity contribution in [2.75, 3.05) is 14.2 Å². The SMILES string of the molecule is COC(=O)C1=C(C(=O)OC)C2OC1CC2CCCc1ccc(Br)cc1. The van der Waals surface area contributed by atoms with Crippen LogP contribution in [-0.2, 0) is 30.2 Å². The fourth-order valence-corrected chi connectivity index (χ4v) is 4.00. The van der Waals surface area contributed by atoms with Crippen LogP contribution in [0.1, 0.15) is 24.8 Å². The second-order valence-electron chi connectivity index (χ2n) is 6.37. The van der Waals surface area contributed by atoms with Crippen LogP contribution >= 0.6 is 15.9 Å². The molecule has 1 saturated heterocycles. The highest BCUT2D eigenvalue weighted by Gasteiger charge is 2.51. The summed E-state index contributed by atoms with van der Waals surface area (Å²) in [6.07, 6.45) is 2.94. The summed E-state index contributed by atoms with van der Waals surface area (Å²) in [5.41, 5.74) is 1.97. The summed E-state index contributed by atoms with van der Waals surface area (Å²) in [5, 5.41) is 0. The van der Waals surface area contributed by atoms with E-state index < -0.39 is 11.9 Å². The maximum absolute atomic E-state index is 12.1. The highest BCUT2D eigenvalue weighted by molar-refractivity contribution is 9.10. The zero-order valence-electron chi connectivity index (χ0n) is 14.3. The zero-order valence-corrected chi connectivity index (χ0v) is 15.9. The molecule has 0 radical (unpaired) electrons. The van der Waals surface area contributed by atoms with Crippen LogP contribution in [0.2, 0.25) is 0 Å². The van der Waals surface area contributed by atoms with E-state index in [-0.39, 0.29) is 18.1 Å². The third-order valence-electron chi connectivity index (χ3n) is 4.92. The zero-order chi connectivity index (χ0) is 18.0. The molecule has 1 aromatic carbocycles. The van der Waals surface area contributed by atoms with Gasteiger partial charge >= 0.3 is 11.9 Å². The molecule has 25 heavy (non-hydrogen) atoms. The predicted molar refractivity (Wildman–Crippen MR) is 94.9 cm³/mol. The van der Waals surface area contributed by atoms with E-state index in [0.29, 0.717) is 11.1 Å². The Kier molecular flexibility index (Phi) is 5.59. The van der Waals surface area contributed by atoms with Crippen molar-refractivity contribution in [3.63, 3.8) is 0 Å². The number of esters is 2. The topological polar surface area (TPSA) is 61.8 Å². The third kappa shape index (κ3) is 3.65. The lowest BCUT2D eigenvalue weighted by molar-refractivity contribution is -0.139. The summed E-state index contributed by atoms with van der Waals surface area (Å²) in [5.74, 6) is -0.769. The van der Waals surface area contributed by atoms with E-state index in [2.05, 4.69) is 28.1 Å². The maximum atomic E-state index is 12.1. The first-order valence-electron chi connectivity index (χ1n) is 8.35. The number of methoxy groups -OCH3 is 2. The van der Waals surface area contributed by atoms with Gasteiger partial charge in [-0.1, -0.05) is 28.1 Å². The highest BCUT2D eigenvalue weighted by atomic mass is 79.9. The van der Waals surface area contributed by atoms with Gasteiger partial charge in [0.1, 0.15) is 0 Å². The number of aryl methyl sites for hydroxylation is 1. The van der Waals surface area contributed by atoms with Crippen molar-refractivity contribution >= 4 is 27.9 Å². The van der Waals surface area contributed by atoms with Gasteiger partial charge in [0, 0.05) is 4.47 Å². The number of hydrogen-bond acceptors (Lipinski definition) is 5. The van der Waals surface area contributed by atoms with Gasteiger partial charge in [-0.2, -0.15) is 0 Å². The van der Waals surface area contributed by atoms with Crippen LogP contribution in [-0.4, -0.2) is 38.4 Å². The van der Waals surface area contributed by atoms with Crippen molar-refractivity contribution in [1.82, 2.24) is 0 Å². The minimum Gasteiger partial charge on any atom is -0.466 e. The van der Waals surface area contributed by atoms with Gasteiger partial charge < -0.3 is 14.2 Å². The molecule has 0 aliphatic carbocycles. The molecule has 5 nitrogen and oxygen atoms in total. The van der Waals surface area contributed by atoms with Crippen LogP contribution in [0.25, 0.3) is 0 Å². The van der Waals surface area contributed by atoms with E-state index in [1.807, 2.05) is 12.1 Å². The summed E-state index contributed by atoms with van der Waals surface area (Å²) in [4.78, 5) is 24.1. The molecule has 2 heterocycles. The van der Waals surface area contributed by atoms with Crippen LogP contribution < -0.4 is 0 Å². The van der Waals surface area contributed by atoms with Gasteiger partial charge in [-0.25, -0.2) is 9.59 Å². The number of halogens is 1. The quantitative estimate of drug-likeness (QED) is 0.676. The first kappa shape index (κ1) is 18.1. The van der Waals surface area contributed by atoms with Gasteiger partial charge in [0.2, 0.25) is 0 Å². The van der Waals surface area contributed by atoms with Gasteiger partial charge in [-0.05, 0) is 49.3 Å². The molecule has 3 atom stereocenters. The molecule has 2 aliphatic heterocycles. The molecule has 2 bridgehead atoms. The molecule has 0 amide bonds. The van der Waals surface area contributed by atoms with E-state index in [0.717, 1.165) is 30.2 Å². The Labute approximate surface area is 155 Å². The van der Waals surface area contributed by atoms with E-state index in [1.165, 1.54) is 19.8 Å². The molecular formula is C19H21BrO5. The fraction of sp³-hybridized carbons (Fsp3) is 0.474. The van der Waals surface area contributed by atoms with E-state index in [4.69, 9.17) is 14.2 Å². The molecule has 0 N–H and O–H groups in total. The van der Waals surface area contributed by atoms with Crippen molar-refractivity contribution in [3.8, 4) is 0 Å². The van der Waals surface area contributed by atoms with Crippen LogP contribution in [0, 0.1) is 5.92 Å². The molecule has 0 spiro atoms. The van der Waals surface area contributed by atoms with Gasteiger partial charge in [0.05, 0.1) is 37.6 Å². The first-order chi connectivity index (χ1) is 12.0. The van der Waals surface area contributed by atoms with E-state index >= 15 is 0 Å². The Balaban J connectivity index is 1.66. The second kappa shape index (κ2) is 7.70. The molecule has 1 fully saturated rings. The molecular weight excluding hydrogens is 388 g/mol. The summed E-state index contributed by atoms with van der Waals surface area (Å²) in [6, 6.07) is 8.29. The number of rotatable bonds is 6. The molecule has 1 aromatic rings. The number of carbonyl (C=O) groups is 2. The van der Waals surface area contributed by atoms with Crippen molar-refractivity contribution in [2.45, 2.75) is 37.9 Å². The van der Waals surface area contributed by atoms with Crippen molar-refractivity contribution in [3.05, 3.63) is 45.4 Å². The highest BCUT2D eigenvalue weighted by Crippen LogP contribution is 2.45. The standard InChI is InChI=1S/C19H21BrO5/c1-23-18(21)15-14-10-12(17(25-14)16(15)19(22)24-2)5-3-4-11-6-8-13(20)9-7-11/h6-9,12,14,17H,3-5,10H2,1-2H3. The van der Waals surface area contributed by atoms with Crippen LogP contribution in [0.3, 0.4) is 0 Å². The molecule has 3 rings (SSSR count). The van der Waals surface area contributed by atoms with Crippen molar-refractivity contribution in [1.29, 1.82) is 0 Å². The maximum Gasteiger partial charge on any atom is 0.337 e. The second-order valence-corrected chi connectivity index (χ2v) is 7.29. The minimum absolute atomic E-state index is 0.225. The van der Waals surface area contributed by atoms with Gasteiger partial charge in [-0.3, -0.25) is 0 Å². The van der Waals surface area contributed by atoms with Gasteiger partial charge in [0.15, 0.2) is 0 Å². The Morgan fingerprint density at radius 1 is 1.12 bits per heavy atom. The summed E-state index contributed by atoms with van der Waals surface area (Å²) in [6.45, 7) is 0. The summed E-state index contributed by atoms with van der Waals surface area (Å²) in [7, 11) is 2.63.